The minimum atomic E-state index is -0.442. The lowest BCUT2D eigenvalue weighted by Gasteiger charge is -2.12. The molecule has 3 aromatic rings. The molecule has 164 valence electrons. The van der Waals surface area contributed by atoms with Gasteiger partial charge in [0.25, 0.3) is 5.91 Å². The molecule has 1 N–H and O–H groups in total. The number of amides is 1. The standard InChI is InChI=1S/C27H29N3O2/c1-6-32-26-13-9-24(10-14-26)29-27(31)23(17-28)16-22-15-19(4)30(20(22)5)25-11-7-21(8-12-25)18(2)3/h7-16,18H,6H2,1-5H3,(H,29,31)/b23-16-. The molecular formula is C27H29N3O2. The highest BCUT2D eigenvalue weighted by atomic mass is 16.5. The third-order valence-electron chi connectivity index (χ3n) is 5.38. The Bertz CT molecular complexity index is 1160. The Morgan fingerprint density at radius 1 is 1.12 bits per heavy atom. The molecular weight excluding hydrogens is 398 g/mol. The van der Waals surface area contributed by atoms with Gasteiger partial charge in [-0.15, -0.1) is 0 Å². The van der Waals surface area contributed by atoms with E-state index in [9.17, 15) is 10.1 Å². The van der Waals surface area contributed by atoms with E-state index in [-0.39, 0.29) is 5.57 Å². The molecule has 0 spiro atoms. The zero-order valence-electron chi connectivity index (χ0n) is 19.3. The Balaban J connectivity index is 1.85. The maximum atomic E-state index is 12.7. The number of aromatic nitrogens is 1. The van der Waals surface area contributed by atoms with Gasteiger partial charge in [-0.1, -0.05) is 26.0 Å². The number of hydrogen-bond donors (Lipinski definition) is 1. The summed E-state index contributed by atoms with van der Waals surface area (Å²) in [7, 11) is 0. The molecule has 0 aliphatic carbocycles. The first-order valence-corrected chi connectivity index (χ1v) is 10.8. The molecule has 0 fully saturated rings. The molecule has 5 nitrogen and oxygen atoms in total. The Kier molecular flexibility index (Phi) is 7.17. The molecule has 1 aromatic heterocycles. The minimum absolute atomic E-state index is 0.0503. The van der Waals surface area contributed by atoms with Gasteiger partial charge in [0.05, 0.1) is 6.61 Å². The van der Waals surface area contributed by atoms with Crippen molar-refractivity contribution in [1.82, 2.24) is 4.57 Å². The number of rotatable bonds is 7. The number of carbonyl (C=O) groups excluding carboxylic acids is 1. The van der Waals surface area contributed by atoms with E-state index in [1.165, 1.54) is 5.56 Å². The maximum Gasteiger partial charge on any atom is 0.266 e. The average Bonchev–Trinajstić information content (AvgIpc) is 3.06. The molecule has 3 rings (SSSR count). The smallest absolute Gasteiger partial charge is 0.266 e. The average molecular weight is 428 g/mol. The van der Waals surface area contributed by atoms with Crippen molar-refractivity contribution in [2.45, 2.75) is 40.5 Å². The monoisotopic (exact) mass is 427 g/mol. The zero-order valence-corrected chi connectivity index (χ0v) is 19.3. The van der Waals surface area contributed by atoms with Crippen LogP contribution in [0.25, 0.3) is 11.8 Å². The summed E-state index contributed by atoms with van der Waals surface area (Å²) in [5.41, 5.74) is 5.85. The first kappa shape index (κ1) is 22.9. The Labute approximate surface area is 190 Å². The zero-order chi connectivity index (χ0) is 23.3. The highest BCUT2D eigenvalue weighted by molar-refractivity contribution is 6.09. The van der Waals surface area contributed by atoms with Crippen LogP contribution in [0.5, 0.6) is 5.75 Å². The van der Waals surface area contributed by atoms with Crippen LogP contribution in [-0.2, 0) is 4.79 Å². The molecule has 0 atom stereocenters. The van der Waals surface area contributed by atoms with Crippen LogP contribution in [0.15, 0.2) is 60.2 Å². The predicted octanol–water partition coefficient (Wildman–Crippen LogP) is 6.16. The molecule has 0 aliphatic heterocycles. The summed E-state index contributed by atoms with van der Waals surface area (Å²) in [6.07, 6.45) is 1.64. The molecule has 0 unspecified atom stereocenters. The van der Waals surface area contributed by atoms with Gasteiger partial charge < -0.3 is 14.6 Å². The summed E-state index contributed by atoms with van der Waals surface area (Å²) in [4.78, 5) is 12.7. The van der Waals surface area contributed by atoms with Crippen LogP contribution in [0, 0.1) is 25.2 Å². The summed E-state index contributed by atoms with van der Waals surface area (Å²) in [6.45, 7) is 10.9. The molecule has 0 saturated heterocycles. The van der Waals surface area contributed by atoms with Gasteiger partial charge >= 0.3 is 0 Å². The highest BCUT2D eigenvalue weighted by Crippen LogP contribution is 2.25. The molecule has 0 bridgehead atoms. The van der Waals surface area contributed by atoms with Gasteiger partial charge in [0.2, 0.25) is 0 Å². The van der Waals surface area contributed by atoms with Gasteiger partial charge in [0.1, 0.15) is 17.4 Å². The highest BCUT2D eigenvalue weighted by Gasteiger charge is 2.14. The van der Waals surface area contributed by atoms with E-state index in [2.05, 4.69) is 48.0 Å². The number of nitrogens with one attached hydrogen (secondary N) is 1. The number of aryl methyl sites for hydroxylation is 1. The van der Waals surface area contributed by atoms with Gasteiger partial charge in [-0.2, -0.15) is 5.26 Å². The first-order chi connectivity index (χ1) is 15.3. The minimum Gasteiger partial charge on any atom is -0.494 e. The molecule has 5 heteroatoms. The van der Waals surface area contributed by atoms with Crippen LogP contribution >= 0.6 is 0 Å². The molecule has 1 amide bonds. The summed E-state index contributed by atoms with van der Waals surface area (Å²) >= 11 is 0. The van der Waals surface area contributed by atoms with Crippen molar-refractivity contribution in [3.8, 4) is 17.5 Å². The van der Waals surface area contributed by atoms with Gasteiger partial charge in [0.15, 0.2) is 0 Å². The number of nitriles is 1. The molecule has 0 saturated carbocycles. The summed E-state index contributed by atoms with van der Waals surface area (Å²) in [5.74, 6) is 0.764. The van der Waals surface area contributed by atoms with Crippen LogP contribution in [-0.4, -0.2) is 17.1 Å². The van der Waals surface area contributed by atoms with Gasteiger partial charge in [-0.3, -0.25) is 4.79 Å². The Morgan fingerprint density at radius 3 is 2.34 bits per heavy atom. The molecule has 32 heavy (non-hydrogen) atoms. The fourth-order valence-electron chi connectivity index (χ4n) is 3.64. The second kappa shape index (κ2) is 10.0. The van der Waals surface area contributed by atoms with Crippen LogP contribution in [0.4, 0.5) is 5.69 Å². The topological polar surface area (TPSA) is 67.0 Å². The van der Waals surface area contributed by atoms with Crippen molar-refractivity contribution in [2.24, 2.45) is 0 Å². The van der Waals surface area contributed by atoms with Gasteiger partial charge in [0, 0.05) is 22.8 Å². The van der Waals surface area contributed by atoms with Crippen LogP contribution in [0.1, 0.15) is 49.2 Å². The lowest BCUT2D eigenvalue weighted by Crippen LogP contribution is -2.13. The van der Waals surface area contributed by atoms with Crippen molar-refractivity contribution >= 4 is 17.7 Å². The van der Waals surface area contributed by atoms with E-state index < -0.39 is 5.91 Å². The fraction of sp³-hybridized carbons (Fsp3) is 0.259. The Hall–Kier alpha value is -3.78. The first-order valence-electron chi connectivity index (χ1n) is 10.8. The van der Waals surface area contributed by atoms with Gasteiger partial charge in [-0.25, -0.2) is 0 Å². The number of hydrogen-bond acceptors (Lipinski definition) is 3. The van der Waals surface area contributed by atoms with E-state index >= 15 is 0 Å². The number of nitrogens with zero attached hydrogens (tertiary/aromatic N) is 2. The fourth-order valence-corrected chi connectivity index (χ4v) is 3.64. The second-order valence-corrected chi connectivity index (χ2v) is 7.99. The molecule has 0 aliphatic rings. The van der Waals surface area contributed by atoms with Crippen LogP contribution in [0.3, 0.4) is 0 Å². The van der Waals surface area contributed by atoms with Crippen molar-refractivity contribution in [2.75, 3.05) is 11.9 Å². The number of ether oxygens (including phenoxy) is 1. The maximum absolute atomic E-state index is 12.7. The second-order valence-electron chi connectivity index (χ2n) is 7.99. The van der Waals surface area contributed by atoms with Crippen molar-refractivity contribution in [1.29, 1.82) is 5.26 Å². The van der Waals surface area contributed by atoms with Crippen LogP contribution < -0.4 is 10.1 Å². The third kappa shape index (κ3) is 5.09. The number of anilines is 1. The summed E-state index contributed by atoms with van der Waals surface area (Å²) in [6, 6.07) is 19.6. The normalized spacial score (nSPS) is 11.3. The van der Waals surface area contributed by atoms with Crippen molar-refractivity contribution < 1.29 is 9.53 Å². The lowest BCUT2D eigenvalue weighted by molar-refractivity contribution is -0.112. The largest absolute Gasteiger partial charge is 0.494 e. The SMILES string of the molecule is CCOc1ccc(NC(=O)/C(C#N)=C\c2cc(C)n(-c3ccc(C(C)C)cc3)c2C)cc1. The van der Waals surface area contributed by atoms with Crippen molar-refractivity contribution in [3.63, 3.8) is 0 Å². The summed E-state index contributed by atoms with van der Waals surface area (Å²) in [5, 5.41) is 12.4. The van der Waals surface area contributed by atoms with Gasteiger partial charge in [-0.05, 0) is 86.4 Å². The van der Waals surface area contributed by atoms with E-state index in [4.69, 9.17) is 4.74 Å². The van der Waals surface area contributed by atoms with E-state index in [0.717, 1.165) is 28.4 Å². The molecule has 0 radical (unpaired) electrons. The lowest BCUT2D eigenvalue weighted by atomic mass is 10.0. The Morgan fingerprint density at radius 2 is 1.78 bits per heavy atom. The number of benzene rings is 2. The summed E-state index contributed by atoms with van der Waals surface area (Å²) < 4.78 is 7.55. The molecule has 2 aromatic carbocycles. The van der Waals surface area contributed by atoms with Crippen molar-refractivity contribution in [3.05, 3.63) is 82.7 Å². The van der Waals surface area contributed by atoms with E-state index in [0.29, 0.717) is 18.2 Å². The predicted molar refractivity (Wildman–Crippen MR) is 129 cm³/mol. The third-order valence-corrected chi connectivity index (χ3v) is 5.38. The number of carbonyl (C=O) groups is 1. The molecule has 1 heterocycles. The van der Waals surface area contributed by atoms with E-state index in [1.54, 1.807) is 30.3 Å². The quantitative estimate of drug-likeness (QED) is 0.363. The van der Waals surface area contributed by atoms with E-state index in [1.807, 2.05) is 32.9 Å². The van der Waals surface area contributed by atoms with Crippen LogP contribution in [0.2, 0.25) is 0 Å².